The summed E-state index contributed by atoms with van der Waals surface area (Å²) < 4.78 is 10.4. The van der Waals surface area contributed by atoms with Crippen molar-refractivity contribution >= 4 is 5.97 Å². The van der Waals surface area contributed by atoms with E-state index < -0.39 is 6.10 Å². The Kier molecular flexibility index (Phi) is 3.66. The molecule has 0 saturated heterocycles. The summed E-state index contributed by atoms with van der Waals surface area (Å²) >= 11 is 0. The Morgan fingerprint density at radius 2 is 1.84 bits per heavy atom. The summed E-state index contributed by atoms with van der Waals surface area (Å²) in [6.07, 6.45) is 0.780. The lowest BCUT2D eigenvalue weighted by molar-refractivity contribution is 0.0600. The summed E-state index contributed by atoms with van der Waals surface area (Å²) in [4.78, 5) is 20.1. The third kappa shape index (κ3) is 2.62. The predicted molar refractivity (Wildman–Crippen MR) is 89.4 cm³/mol. The number of hydrogen-bond acceptors (Lipinski definition) is 6. The molecular formula is C19H14N2O4. The van der Waals surface area contributed by atoms with E-state index in [0.717, 1.165) is 5.56 Å². The van der Waals surface area contributed by atoms with E-state index in [1.54, 1.807) is 54.7 Å². The second-order valence-corrected chi connectivity index (χ2v) is 5.56. The number of methoxy groups -OCH3 is 1. The molecule has 0 saturated carbocycles. The molecule has 0 amide bonds. The molecule has 0 aliphatic carbocycles. The maximum absolute atomic E-state index is 11.5. The number of rotatable bonds is 2. The summed E-state index contributed by atoms with van der Waals surface area (Å²) in [5.41, 5.74) is 3.17. The highest BCUT2D eigenvalue weighted by Crippen LogP contribution is 2.41. The van der Waals surface area contributed by atoms with E-state index in [0.29, 0.717) is 34.1 Å². The number of aliphatic hydroxyl groups is 1. The Morgan fingerprint density at radius 1 is 1.08 bits per heavy atom. The molecule has 0 fully saturated rings. The number of nitrogens with zero attached hydrogens (tertiary/aromatic N) is 2. The second-order valence-electron chi connectivity index (χ2n) is 5.56. The van der Waals surface area contributed by atoms with E-state index in [9.17, 15) is 9.90 Å². The molecule has 1 unspecified atom stereocenters. The molecule has 0 spiro atoms. The molecule has 124 valence electrons. The van der Waals surface area contributed by atoms with E-state index in [1.807, 2.05) is 0 Å². The van der Waals surface area contributed by atoms with Crippen molar-refractivity contribution in [2.24, 2.45) is 0 Å². The standard InChI is InChI=1S/C19H14N2O4/c1-24-19(23)12-6-4-11(5-7-12)15-9-8-14-16(22)13-3-2-10-20-17(13)25-18(14)21-15/h2-10,16,22H,1H3. The van der Waals surface area contributed by atoms with Gasteiger partial charge in [-0.05, 0) is 36.4 Å². The van der Waals surface area contributed by atoms with Crippen LogP contribution in [0, 0.1) is 0 Å². The highest BCUT2D eigenvalue weighted by molar-refractivity contribution is 5.89. The molecule has 3 aromatic rings. The minimum Gasteiger partial charge on any atom is -0.465 e. The van der Waals surface area contributed by atoms with Gasteiger partial charge < -0.3 is 14.6 Å². The Morgan fingerprint density at radius 3 is 2.60 bits per heavy atom. The number of aromatic nitrogens is 2. The molecule has 6 nitrogen and oxygen atoms in total. The fourth-order valence-corrected chi connectivity index (χ4v) is 2.75. The zero-order valence-corrected chi connectivity index (χ0v) is 13.3. The van der Waals surface area contributed by atoms with Crippen LogP contribution in [0.2, 0.25) is 0 Å². The quantitative estimate of drug-likeness (QED) is 0.725. The van der Waals surface area contributed by atoms with Gasteiger partial charge in [-0.25, -0.2) is 14.8 Å². The van der Waals surface area contributed by atoms with Gasteiger partial charge in [0.05, 0.1) is 18.4 Å². The van der Waals surface area contributed by atoms with Crippen molar-refractivity contribution in [1.82, 2.24) is 9.97 Å². The van der Waals surface area contributed by atoms with Gasteiger partial charge in [-0.1, -0.05) is 12.1 Å². The highest BCUT2D eigenvalue weighted by atomic mass is 16.5. The van der Waals surface area contributed by atoms with Crippen LogP contribution in [0.5, 0.6) is 11.8 Å². The first kappa shape index (κ1) is 15.3. The Hall–Kier alpha value is -3.25. The third-order valence-corrected chi connectivity index (χ3v) is 4.07. The van der Waals surface area contributed by atoms with Gasteiger partial charge in [0.25, 0.3) is 0 Å². The number of benzene rings is 1. The van der Waals surface area contributed by atoms with Gasteiger partial charge >= 0.3 is 5.97 Å². The summed E-state index contributed by atoms with van der Waals surface area (Å²) in [6, 6.07) is 14.0. The first-order chi connectivity index (χ1) is 12.2. The predicted octanol–water partition coefficient (Wildman–Crippen LogP) is 3.12. The van der Waals surface area contributed by atoms with Crippen molar-refractivity contribution in [2.45, 2.75) is 6.10 Å². The average molecular weight is 334 g/mol. The Balaban J connectivity index is 1.70. The van der Waals surface area contributed by atoms with Gasteiger partial charge in [-0.15, -0.1) is 0 Å². The topological polar surface area (TPSA) is 81.5 Å². The largest absolute Gasteiger partial charge is 0.465 e. The molecule has 1 atom stereocenters. The molecule has 6 heteroatoms. The molecule has 1 aliphatic heterocycles. The molecule has 25 heavy (non-hydrogen) atoms. The van der Waals surface area contributed by atoms with Gasteiger partial charge in [0.1, 0.15) is 6.10 Å². The van der Waals surface area contributed by atoms with Crippen LogP contribution in [0.3, 0.4) is 0 Å². The SMILES string of the molecule is COC(=O)c1ccc(-c2ccc3c(n2)Oc2ncccc2C3O)cc1. The van der Waals surface area contributed by atoms with E-state index in [-0.39, 0.29) is 5.97 Å². The van der Waals surface area contributed by atoms with Crippen molar-refractivity contribution in [3.05, 3.63) is 71.4 Å². The summed E-state index contributed by atoms with van der Waals surface area (Å²) in [5, 5.41) is 10.5. The van der Waals surface area contributed by atoms with Gasteiger partial charge in [0, 0.05) is 22.9 Å². The normalized spacial score (nSPS) is 14.9. The highest BCUT2D eigenvalue weighted by Gasteiger charge is 2.27. The molecule has 1 aromatic carbocycles. The van der Waals surface area contributed by atoms with E-state index in [4.69, 9.17) is 9.47 Å². The van der Waals surface area contributed by atoms with Crippen LogP contribution in [0.4, 0.5) is 0 Å². The zero-order valence-electron chi connectivity index (χ0n) is 13.3. The summed E-state index contributed by atoms with van der Waals surface area (Å²) in [7, 11) is 1.34. The monoisotopic (exact) mass is 334 g/mol. The number of esters is 1. The van der Waals surface area contributed by atoms with Crippen molar-refractivity contribution < 1.29 is 19.4 Å². The number of carbonyl (C=O) groups is 1. The van der Waals surface area contributed by atoms with Crippen LogP contribution in [0.15, 0.2) is 54.7 Å². The fraction of sp³-hybridized carbons (Fsp3) is 0.105. The molecular weight excluding hydrogens is 320 g/mol. The number of pyridine rings is 2. The van der Waals surface area contributed by atoms with Crippen molar-refractivity contribution in [3.8, 4) is 23.0 Å². The third-order valence-electron chi connectivity index (χ3n) is 4.07. The van der Waals surface area contributed by atoms with E-state index in [2.05, 4.69) is 9.97 Å². The van der Waals surface area contributed by atoms with Crippen LogP contribution in [-0.4, -0.2) is 28.2 Å². The Bertz CT molecular complexity index is 954. The van der Waals surface area contributed by atoms with Crippen LogP contribution in [-0.2, 0) is 4.74 Å². The number of ether oxygens (including phenoxy) is 2. The molecule has 0 bridgehead atoms. The second kappa shape index (κ2) is 5.99. The molecule has 2 aromatic heterocycles. The molecule has 3 heterocycles. The lowest BCUT2D eigenvalue weighted by Crippen LogP contribution is -2.12. The lowest BCUT2D eigenvalue weighted by Gasteiger charge is -2.23. The lowest BCUT2D eigenvalue weighted by atomic mass is 10.0. The van der Waals surface area contributed by atoms with Crippen LogP contribution < -0.4 is 4.74 Å². The van der Waals surface area contributed by atoms with Gasteiger partial charge in [-0.2, -0.15) is 0 Å². The van der Waals surface area contributed by atoms with Crippen molar-refractivity contribution in [3.63, 3.8) is 0 Å². The van der Waals surface area contributed by atoms with Crippen molar-refractivity contribution in [2.75, 3.05) is 7.11 Å². The van der Waals surface area contributed by atoms with E-state index in [1.165, 1.54) is 7.11 Å². The average Bonchev–Trinajstić information content (AvgIpc) is 2.67. The number of fused-ring (bicyclic) bond motifs is 2. The zero-order chi connectivity index (χ0) is 17.4. The fourth-order valence-electron chi connectivity index (χ4n) is 2.75. The Labute approximate surface area is 143 Å². The van der Waals surface area contributed by atoms with Crippen LogP contribution in [0.25, 0.3) is 11.3 Å². The van der Waals surface area contributed by atoms with Gasteiger partial charge in [0.15, 0.2) is 0 Å². The van der Waals surface area contributed by atoms with E-state index >= 15 is 0 Å². The molecule has 1 N–H and O–H groups in total. The number of aliphatic hydroxyl groups excluding tert-OH is 1. The smallest absolute Gasteiger partial charge is 0.337 e. The molecule has 0 radical (unpaired) electrons. The summed E-state index contributed by atoms with van der Waals surface area (Å²) in [6.45, 7) is 0. The van der Waals surface area contributed by atoms with Gasteiger partial charge in [0.2, 0.25) is 11.8 Å². The minimum atomic E-state index is -0.823. The van der Waals surface area contributed by atoms with Gasteiger partial charge in [-0.3, -0.25) is 0 Å². The minimum absolute atomic E-state index is 0.327. The summed E-state index contributed by atoms with van der Waals surface area (Å²) in [5.74, 6) is 0.292. The first-order valence-corrected chi connectivity index (χ1v) is 7.68. The maximum Gasteiger partial charge on any atom is 0.337 e. The number of carbonyl (C=O) groups excluding carboxylic acids is 1. The van der Waals surface area contributed by atoms with Crippen LogP contribution >= 0.6 is 0 Å². The van der Waals surface area contributed by atoms with Crippen LogP contribution in [0.1, 0.15) is 27.6 Å². The van der Waals surface area contributed by atoms with Crippen molar-refractivity contribution in [1.29, 1.82) is 0 Å². The molecule has 1 aliphatic rings. The number of hydrogen-bond donors (Lipinski definition) is 1. The molecule has 4 rings (SSSR count). The maximum atomic E-state index is 11.5. The first-order valence-electron chi connectivity index (χ1n) is 7.68.